The Morgan fingerprint density at radius 1 is 1.06 bits per heavy atom. The van der Waals surface area contributed by atoms with Gasteiger partial charge in [-0.1, -0.05) is 0 Å². The van der Waals surface area contributed by atoms with Gasteiger partial charge in [0, 0.05) is 6.54 Å². The molecule has 0 atom stereocenters. The van der Waals surface area contributed by atoms with Crippen molar-refractivity contribution in [2.75, 3.05) is 13.2 Å². The van der Waals surface area contributed by atoms with Crippen molar-refractivity contribution in [3.63, 3.8) is 0 Å². The van der Waals surface area contributed by atoms with E-state index in [0.29, 0.717) is 12.1 Å². The summed E-state index contributed by atoms with van der Waals surface area (Å²) in [6.45, 7) is 0.403. The van der Waals surface area contributed by atoms with Crippen LogP contribution in [-0.2, 0) is 0 Å². The SMILES string of the molecule is NCCOc1ccc(S(N)(F)(F)(F)F)cc1. The van der Waals surface area contributed by atoms with Gasteiger partial charge in [-0.05, 0) is 24.3 Å². The van der Waals surface area contributed by atoms with Crippen LogP contribution in [0.4, 0.5) is 15.5 Å². The van der Waals surface area contributed by atoms with Crippen LogP contribution in [0, 0.1) is 0 Å². The summed E-state index contributed by atoms with van der Waals surface area (Å²) in [4.78, 5) is -1.49. The largest absolute Gasteiger partial charge is 0.492 e. The van der Waals surface area contributed by atoms with E-state index in [4.69, 9.17) is 10.5 Å². The molecule has 0 radical (unpaired) electrons. The molecular formula is C8H12F4N2OS. The van der Waals surface area contributed by atoms with Crippen LogP contribution in [0.2, 0.25) is 0 Å². The van der Waals surface area contributed by atoms with E-state index in [2.05, 4.69) is 5.14 Å². The summed E-state index contributed by atoms with van der Waals surface area (Å²) in [7, 11) is -8.57. The maximum Gasteiger partial charge on any atom is 0.233 e. The first-order chi connectivity index (χ1) is 7.03. The zero-order valence-electron chi connectivity index (χ0n) is 8.21. The van der Waals surface area contributed by atoms with Crippen molar-refractivity contribution in [2.45, 2.75) is 4.90 Å². The van der Waals surface area contributed by atoms with Gasteiger partial charge in [-0.3, -0.25) is 0 Å². The first-order valence-corrected chi connectivity index (χ1v) is 6.39. The topological polar surface area (TPSA) is 61.3 Å². The van der Waals surface area contributed by atoms with Gasteiger partial charge in [0.05, 0.1) is 4.90 Å². The van der Waals surface area contributed by atoms with Crippen molar-refractivity contribution >= 4 is 10.0 Å². The van der Waals surface area contributed by atoms with Crippen LogP contribution in [0.5, 0.6) is 5.75 Å². The second-order valence-corrected chi connectivity index (χ2v) is 5.98. The first-order valence-electron chi connectivity index (χ1n) is 4.28. The van der Waals surface area contributed by atoms with E-state index in [0.717, 1.165) is 12.1 Å². The van der Waals surface area contributed by atoms with Gasteiger partial charge >= 0.3 is 0 Å². The number of nitrogens with two attached hydrogens (primary N) is 2. The highest BCUT2D eigenvalue weighted by Gasteiger charge is 2.60. The molecule has 3 nitrogen and oxygen atoms in total. The molecule has 0 aliphatic carbocycles. The van der Waals surface area contributed by atoms with E-state index in [1.54, 1.807) is 0 Å². The molecule has 0 unspecified atom stereocenters. The smallest absolute Gasteiger partial charge is 0.233 e. The highest BCUT2D eigenvalue weighted by Crippen LogP contribution is 2.94. The Balaban J connectivity index is 2.97. The molecule has 1 aromatic carbocycles. The molecule has 0 aliphatic rings. The summed E-state index contributed by atoms with van der Waals surface area (Å²) in [6.07, 6.45) is 0. The Hall–Kier alpha value is -0.990. The van der Waals surface area contributed by atoms with Crippen molar-refractivity contribution in [3.8, 4) is 5.75 Å². The van der Waals surface area contributed by atoms with Gasteiger partial charge in [0.15, 0.2) is 0 Å². The van der Waals surface area contributed by atoms with Gasteiger partial charge in [-0.2, -0.15) is 0 Å². The zero-order valence-corrected chi connectivity index (χ0v) is 9.02. The van der Waals surface area contributed by atoms with Crippen LogP contribution < -0.4 is 15.6 Å². The molecule has 1 rings (SSSR count). The Morgan fingerprint density at radius 2 is 1.56 bits per heavy atom. The molecule has 0 saturated heterocycles. The first kappa shape index (κ1) is 13.1. The normalized spacial score (nSPS) is 16.4. The molecule has 0 heterocycles. The van der Waals surface area contributed by atoms with Crippen molar-refractivity contribution in [1.82, 2.24) is 0 Å². The van der Waals surface area contributed by atoms with Crippen molar-refractivity contribution in [2.24, 2.45) is 10.9 Å². The maximum absolute atomic E-state index is 12.7. The lowest BCUT2D eigenvalue weighted by atomic mass is 10.3. The van der Waals surface area contributed by atoms with E-state index in [1.807, 2.05) is 0 Å². The zero-order chi connectivity index (χ0) is 12.5. The van der Waals surface area contributed by atoms with Crippen LogP contribution in [-0.4, -0.2) is 13.2 Å². The summed E-state index contributed by atoms with van der Waals surface area (Å²) in [5.74, 6) is 0.177. The third kappa shape index (κ3) is 3.54. The van der Waals surface area contributed by atoms with Gasteiger partial charge in [0.2, 0.25) is 10.0 Å². The molecule has 0 spiro atoms. The van der Waals surface area contributed by atoms with Gasteiger partial charge in [0.1, 0.15) is 12.4 Å². The maximum atomic E-state index is 12.7. The van der Waals surface area contributed by atoms with Crippen LogP contribution in [0.15, 0.2) is 29.2 Å². The Kier molecular flexibility index (Phi) is 2.66. The van der Waals surface area contributed by atoms with Crippen LogP contribution in [0.3, 0.4) is 0 Å². The number of hydrogen-bond donors (Lipinski definition) is 2. The Bertz CT molecular complexity index is 374. The Labute approximate surface area is 89.9 Å². The van der Waals surface area contributed by atoms with Crippen LogP contribution >= 0.6 is 10.0 Å². The van der Waals surface area contributed by atoms with Crippen molar-refractivity contribution in [1.29, 1.82) is 0 Å². The molecular weight excluding hydrogens is 248 g/mol. The summed E-state index contributed by atoms with van der Waals surface area (Å²) in [5.41, 5.74) is 5.14. The fraction of sp³-hybridized carbons (Fsp3) is 0.250. The lowest BCUT2D eigenvalue weighted by Gasteiger charge is -2.45. The highest BCUT2D eigenvalue weighted by atomic mass is 32.5. The van der Waals surface area contributed by atoms with Gasteiger partial charge < -0.3 is 10.5 Å². The second kappa shape index (κ2) is 3.25. The fourth-order valence-corrected chi connectivity index (χ4v) is 1.70. The van der Waals surface area contributed by atoms with Crippen molar-refractivity contribution < 1.29 is 20.3 Å². The second-order valence-electron chi connectivity index (χ2n) is 3.24. The molecule has 0 aliphatic heterocycles. The molecule has 0 fully saturated rings. The average molecular weight is 260 g/mol. The molecule has 16 heavy (non-hydrogen) atoms. The average Bonchev–Trinajstić information content (AvgIpc) is 2.12. The van der Waals surface area contributed by atoms with E-state index in [1.165, 1.54) is 0 Å². The van der Waals surface area contributed by atoms with E-state index in [9.17, 15) is 15.5 Å². The lowest BCUT2D eigenvalue weighted by molar-refractivity contribution is 0.328. The third-order valence-corrected chi connectivity index (χ3v) is 2.96. The summed E-state index contributed by atoms with van der Waals surface area (Å²) in [5, 5.41) is 3.88. The summed E-state index contributed by atoms with van der Waals surface area (Å²) < 4.78 is 55.8. The van der Waals surface area contributed by atoms with E-state index in [-0.39, 0.29) is 18.9 Å². The highest BCUT2D eigenvalue weighted by molar-refractivity contribution is 8.48. The molecule has 0 bridgehead atoms. The molecule has 0 aromatic heterocycles. The van der Waals surface area contributed by atoms with Gasteiger partial charge in [0.25, 0.3) is 0 Å². The number of halogens is 4. The number of benzene rings is 1. The van der Waals surface area contributed by atoms with E-state index < -0.39 is 14.9 Å². The lowest BCUT2D eigenvalue weighted by Crippen LogP contribution is -2.24. The predicted octanol–water partition coefficient (Wildman–Crippen LogP) is 2.67. The molecule has 0 amide bonds. The summed E-state index contributed by atoms with van der Waals surface area (Å²) >= 11 is 0. The standard InChI is InChI=1S/C8H12F4N2OS/c9-16(10,11,12,14)8-3-1-7(2-4-8)15-6-5-13/h1-4H,5-6,13-14H2. The molecule has 0 saturated carbocycles. The predicted molar refractivity (Wildman–Crippen MR) is 55.5 cm³/mol. The van der Waals surface area contributed by atoms with Gasteiger partial charge in [-0.25, -0.2) is 5.14 Å². The number of ether oxygens (including phenoxy) is 1. The van der Waals surface area contributed by atoms with E-state index >= 15 is 0 Å². The van der Waals surface area contributed by atoms with Crippen molar-refractivity contribution in [3.05, 3.63) is 24.3 Å². The summed E-state index contributed by atoms with van der Waals surface area (Å²) in [6, 6.07) is 3.09. The monoisotopic (exact) mass is 260 g/mol. The molecule has 1 aromatic rings. The van der Waals surface area contributed by atoms with Crippen LogP contribution in [0.1, 0.15) is 0 Å². The number of rotatable bonds is 4. The quantitative estimate of drug-likeness (QED) is 0.818. The minimum Gasteiger partial charge on any atom is -0.492 e. The van der Waals surface area contributed by atoms with Crippen LogP contribution in [0.25, 0.3) is 0 Å². The molecule has 8 heteroatoms. The molecule has 4 N–H and O–H groups in total. The minimum absolute atomic E-state index is 0.169. The fourth-order valence-electron chi connectivity index (χ4n) is 0.997. The molecule has 94 valence electrons. The van der Waals surface area contributed by atoms with Gasteiger partial charge in [-0.15, -0.1) is 15.5 Å². The Morgan fingerprint density at radius 3 is 1.94 bits per heavy atom. The third-order valence-electron chi connectivity index (χ3n) is 1.70. The number of hydrogen-bond acceptors (Lipinski definition) is 3. The minimum atomic E-state index is -8.57.